The van der Waals surface area contributed by atoms with E-state index in [-0.39, 0.29) is 12.5 Å². The zero-order valence-corrected chi connectivity index (χ0v) is 15.0. The smallest absolute Gasteiger partial charge is 0.255 e. The van der Waals surface area contributed by atoms with Crippen molar-refractivity contribution in [2.75, 3.05) is 25.4 Å². The third-order valence-electron chi connectivity index (χ3n) is 4.51. The van der Waals surface area contributed by atoms with E-state index in [0.717, 1.165) is 18.5 Å². The molecule has 2 heterocycles. The molecule has 4 N–H and O–H groups in total. The maximum absolute atomic E-state index is 12.7. The van der Waals surface area contributed by atoms with Crippen LogP contribution in [0.3, 0.4) is 0 Å². The minimum Gasteiger partial charge on any atom is -0.379 e. The molecular weight excluding hydrogens is 336 g/mol. The molecule has 1 aliphatic heterocycles. The Morgan fingerprint density at radius 2 is 2.16 bits per heavy atom. The molecule has 1 fully saturated rings. The number of thiazole rings is 1. The summed E-state index contributed by atoms with van der Waals surface area (Å²) in [5, 5.41) is 16.3. The molecule has 0 spiro atoms. The third-order valence-corrected chi connectivity index (χ3v) is 5.23. The number of rotatable bonds is 7. The fourth-order valence-corrected chi connectivity index (χ4v) is 3.72. The number of amides is 1. The Morgan fingerprint density at radius 3 is 2.88 bits per heavy atom. The first kappa shape index (κ1) is 17.8. The lowest BCUT2D eigenvalue weighted by atomic mass is 9.91. The predicted octanol–water partition coefficient (Wildman–Crippen LogP) is 1.41. The largest absolute Gasteiger partial charge is 0.379 e. The van der Waals surface area contributed by atoms with Gasteiger partial charge in [0.2, 0.25) is 0 Å². The van der Waals surface area contributed by atoms with Gasteiger partial charge in [0, 0.05) is 31.6 Å². The number of anilines is 1. The number of aromatic nitrogens is 1. The predicted molar refractivity (Wildman–Crippen MR) is 99.1 cm³/mol. The molecule has 0 bridgehead atoms. The number of carbonyl (C=O) groups excluding carboxylic acids is 1. The van der Waals surface area contributed by atoms with Crippen molar-refractivity contribution >= 4 is 22.4 Å². The standard InChI is InChI=1S/C18H24N4O2S/c19-17-21-15(12-25-17)11-20-13-18(24)8-4-9-22(16(18)23)10-7-14-5-2-1-3-6-14/h1-3,5-6,12,20,24H,4,7-11,13H2,(H2,19,21)/t18-/m0/s1. The van der Waals surface area contributed by atoms with E-state index in [1.807, 2.05) is 23.6 Å². The number of nitrogens with two attached hydrogens (primary N) is 1. The second-order valence-electron chi connectivity index (χ2n) is 6.44. The molecule has 7 heteroatoms. The zero-order chi connectivity index (χ0) is 17.7. The van der Waals surface area contributed by atoms with Crippen molar-refractivity contribution in [1.29, 1.82) is 0 Å². The molecule has 2 aromatic rings. The van der Waals surface area contributed by atoms with E-state index in [1.54, 1.807) is 4.90 Å². The quantitative estimate of drug-likeness (QED) is 0.694. The number of aliphatic hydroxyl groups is 1. The van der Waals surface area contributed by atoms with Gasteiger partial charge in [0.1, 0.15) is 0 Å². The monoisotopic (exact) mass is 360 g/mol. The lowest BCUT2D eigenvalue weighted by Crippen LogP contribution is -2.58. The molecule has 1 saturated heterocycles. The number of likely N-dealkylation sites (tertiary alicyclic amines) is 1. The second-order valence-corrected chi connectivity index (χ2v) is 7.33. The van der Waals surface area contributed by atoms with Gasteiger partial charge < -0.3 is 21.1 Å². The van der Waals surface area contributed by atoms with Gasteiger partial charge in [-0.05, 0) is 24.8 Å². The highest BCUT2D eigenvalue weighted by Crippen LogP contribution is 2.23. The van der Waals surface area contributed by atoms with Gasteiger partial charge in [0.05, 0.1) is 5.69 Å². The summed E-state index contributed by atoms with van der Waals surface area (Å²) in [5.74, 6) is -0.181. The molecule has 1 atom stereocenters. The molecule has 1 aromatic carbocycles. The van der Waals surface area contributed by atoms with Crippen molar-refractivity contribution in [2.45, 2.75) is 31.4 Å². The summed E-state index contributed by atoms with van der Waals surface area (Å²) in [7, 11) is 0. The molecule has 6 nitrogen and oxygen atoms in total. The molecule has 0 saturated carbocycles. The van der Waals surface area contributed by atoms with Gasteiger partial charge in [-0.25, -0.2) is 4.98 Å². The molecule has 0 unspecified atom stereocenters. The van der Waals surface area contributed by atoms with Crippen molar-refractivity contribution in [1.82, 2.24) is 15.2 Å². The first-order valence-corrected chi connectivity index (χ1v) is 9.41. The summed E-state index contributed by atoms with van der Waals surface area (Å²) in [6, 6.07) is 10.1. The number of nitrogens with one attached hydrogen (secondary N) is 1. The average Bonchev–Trinajstić information content (AvgIpc) is 3.03. The summed E-state index contributed by atoms with van der Waals surface area (Å²) in [5.41, 5.74) is 6.30. The van der Waals surface area contributed by atoms with Gasteiger partial charge in [0.15, 0.2) is 10.7 Å². The van der Waals surface area contributed by atoms with Crippen LogP contribution in [0.5, 0.6) is 0 Å². The Bertz CT molecular complexity index is 706. The van der Waals surface area contributed by atoms with E-state index < -0.39 is 5.60 Å². The van der Waals surface area contributed by atoms with Crippen LogP contribution in [0.1, 0.15) is 24.1 Å². The van der Waals surface area contributed by atoms with Crippen molar-refractivity contribution in [3.8, 4) is 0 Å². The number of nitrogen functional groups attached to an aromatic ring is 1. The van der Waals surface area contributed by atoms with E-state index in [4.69, 9.17) is 5.73 Å². The van der Waals surface area contributed by atoms with E-state index >= 15 is 0 Å². The lowest BCUT2D eigenvalue weighted by Gasteiger charge is -2.38. The van der Waals surface area contributed by atoms with Crippen LogP contribution in [0.4, 0.5) is 5.13 Å². The van der Waals surface area contributed by atoms with Gasteiger partial charge in [0.25, 0.3) is 5.91 Å². The van der Waals surface area contributed by atoms with Gasteiger partial charge in [-0.3, -0.25) is 4.79 Å². The molecule has 1 aromatic heterocycles. The van der Waals surface area contributed by atoms with Crippen LogP contribution in [0.25, 0.3) is 0 Å². The number of benzene rings is 1. The zero-order valence-electron chi connectivity index (χ0n) is 14.1. The molecule has 25 heavy (non-hydrogen) atoms. The number of nitrogens with zero attached hydrogens (tertiary/aromatic N) is 2. The highest BCUT2D eigenvalue weighted by Gasteiger charge is 2.41. The van der Waals surface area contributed by atoms with Crippen molar-refractivity contribution in [2.24, 2.45) is 0 Å². The molecular formula is C18H24N4O2S. The maximum atomic E-state index is 12.7. The van der Waals surface area contributed by atoms with Crippen molar-refractivity contribution in [3.05, 3.63) is 47.0 Å². The maximum Gasteiger partial charge on any atom is 0.255 e. The summed E-state index contributed by atoms with van der Waals surface area (Å²) in [4.78, 5) is 18.7. The number of hydrogen-bond donors (Lipinski definition) is 3. The minimum absolute atomic E-state index is 0.181. The molecule has 0 aliphatic carbocycles. The first-order chi connectivity index (χ1) is 12.1. The van der Waals surface area contributed by atoms with Gasteiger partial charge in [-0.1, -0.05) is 30.3 Å². The van der Waals surface area contributed by atoms with E-state index in [9.17, 15) is 9.90 Å². The summed E-state index contributed by atoms with van der Waals surface area (Å²) < 4.78 is 0. The van der Waals surface area contributed by atoms with Crippen LogP contribution < -0.4 is 11.1 Å². The molecule has 0 radical (unpaired) electrons. The van der Waals surface area contributed by atoms with Crippen LogP contribution in [0, 0.1) is 0 Å². The van der Waals surface area contributed by atoms with Crippen LogP contribution >= 0.6 is 11.3 Å². The van der Waals surface area contributed by atoms with Crippen molar-refractivity contribution in [3.63, 3.8) is 0 Å². The minimum atomic E-state index is -1.34. The van der Waals surface area contributed by atoms with Crippen LogP contribution in [-0.4, -0.2) is 46.1 Å². The van der Waals surface area contributed by atoms with Crippen LogP contribution in [-0.2, 0) is 17.8 Å². The van der Waals surface area contributed by atoms with Gasteiger partial charge in [-0.2, -0.15) is 0 Å². The summed E-state index contributed by atoms with van der Waals surface area (Å²) in [6.07, 6.45) is 2.09. The Labute approximate surface area is 151 Å². The Morgan fingerprint density at radius 1 is 1.36 bits per heavy atom. The highest BCUT2D eigenvalue weighted by molar-refractivity contribution is 7.13. The second kappa shape index (κ2) is 7.95. The van der Waals surface area contributed by atoms with E-state index in [0.29, 0.717) is 31.2 Å². The van der Waals surface area contributed by atoms with Crippen LogP contribution in [0.15, 0.2) is 35.7 Å². The Hall–Kier alpha value is -1.96. The van der Waals surface area contributed by atoms with E-state index in [1.165, 1.54) is 16.9 Å². The molecule has 1 aliphatic rings. The molecule has 134 valence electrons. The summed E-state index contributed by atoms with van der Waals surface area (Å²) in [6.45, 7) is 2.06. The molecule has 1 amide bonds. The third kappa shape index (κ3) is 4.56. The number of hydrogen-bond acceptors (Lipinski definition) is 6. The fraction of sp³-hybridized carbons (Fsp3) is 0.444. The average molecular weight is 360 g/mol. The fourth-order valence-electron chi connectivity index (χ4n) is 3.15. The molecule has 3 rings (SSSR count). The lowest BCUT2D eigenvalue weighted by molar-refractivity contribution is -0.156. The summed E-state index contributed by atoms with van der Waals surface area (Å²) >= 11 is 1.38. The van der Waals surface area contributed by atoms with Gasteiger partial charge in [-0.15, -0.1) is 11.3 Å². The Kier molecular flexibility index (Phi) is 5.67. The van der Waals surface area contributed by atoms with Gasteiger partial charge >= 0.3 is 0 Å². The SMILES string of the molecule is Nc1nc(CNC[C@@]2(O)CCCN(CCc3ccccc3)C2=O)cs1. The highest BCUT2D eigenvalue weighted by atomic mass is 32.1. The topological polar surface area (TPSA) is 91.5 Å². The Balaban J connectivity index is 1.52. The normalized spacial score (nSPS) is 20.8. The first-order valence-electron chi connectivity index (χ1n) is 8.53. The number of piperidine rings is 1. The van der Waals surface area contributed by atoms with Crippen LogP contribution in [0.2, 0.25) is 0 Å². The van der Waals surface area contributed by atoms with E-state index in [2.05, 4.69) is 22.4 Å². The number of carbonyl (C=O) groups is 1. The van der Waals surface area contributed by atoms with Crippen molar-refractivity contribution < 1.29 is 9.90 Å².